The monoisotopic (exact) mass is 401 g/mol. The predicted octanol–water partition coefficient (Wildman–Crippen LogP) is 4.07. The number of hydrogen-bond acceptors (Lipinski definition) is 6. The lowest BCUT2D eigenvalue weighted by molar-refractivity contribution is -0.166. The second-order valence-electron chi connectivity index (χ2n) is 6.62. The molecule has 0 spiro atoms. The molecule has 0 N–H and O–H groups in total. The molecule has 0 aliphatic carbocycles. The van der Waals surface area contributed by atoms with Gasteiger partial charge in [-0.2, -0.15) is 0 Å². The average Bonchev–Trinajstić information content (AvgIpc) is 2.67. The van der Waals surface area contributed by atoms with Crippen molar-refractivity contribution < 1.29 is 28.6 Å². The topological polar surface area (TPSA) is 82.1 Å². The van der Waals surface area contributed by atoms with Crippen LogP contribution in [0.1, 0.15) is 39.2 Å². The van der Waals surface area contributed by atoms with Gasteiger partial charge in [0.15, 0.2) is 0 Å². The third-order valence-electron chi connectivity index (χ3n) is 4.40. The van der Waals surface area contributed by atoms with E-state index in [1.165, 1.54) is 13.8 Å². The largest absolute Gasteiger partial charge is 0.497 e. The lowest BCUT2D eigenvalue weighted by atomic mass is 10.0. The second-order valence-corrected chi connectivity index (χ2v) is 6.62. The smallest absolute Gasteiger partial charge is 0.419 e. The minimum atomic E-state index is -1.06. The summed E-state index contributed by atoms with van der Waals surface area (Å²) in [4.78, 5) is 36.9. The van der Waals surface area contributed by atoms with E-state index in [9.17, 15) is 14.4 Å². The Bertz CT molecular complexity index is 879. The maximum absolute atomic E-state index is 12.4. The van der Waals surface area contributed by atoms with Gasteiger partial charge in [-0.1, -0.05) is 31.2 Å². The summed E-state index contributed by atoms with van der Waals surface area (Å²) < 4.78 is 15.4. The zero-order valence-corrected chi connectivity index (χ0v) is 17.3. The number of benzene rings is 2. The first kappa shape index (κ1) is 22.2. The van der Waals surface area contributed by atoms with E-state index in [1.807, 2.05) is 43.3 Å². The molecule has 0 radical (unpaired) electrons. The van der Waals surface area contributed by atoms with Crippen LogP contribution in [-0.2, 0) is 25.5 Å². The molecule has 1 unspecified atom stereocenters. The third-order valence-corrected chi connectivity index (χ3v) is 4.40. The van der Waals surface area contributed by atoms with Gasteiger partial charge in [-0.3, -0.25) is 9.59 Å². The van der Waals surface area contributed by atoms with Crippen molar-refractivity contribution in [3.05, 3.63) is 42.0 Å². The second kappa shape index (κ2) is 10.5. The van der Waals surface area contributed by atoms with Gasteiger partial charge in [-0.25, -0.2) is 9.69 Å². The molecular weight excluding hydrogens is 374 g/mol. The van der Waals surface area contributed by atoms with Crippen molar-refractivity contribution in [3.63, 3.8) is 0 Å². The number of rotatable bonds is 8. The molecule has 2 amide bonds. The lowest BCUT2D eigenvalue weighted by Gasteiger charge is -2.22. The van der Waals surface area contributed by atoms with Crippen LogP contribution in [0.3, 0.4) is 0 Å². The van der Waals surface area contributed by atoms with Gasteiger partial charge in [0, 0.05) is 26.8 Å². The van der Waals surface area contributed by atoms with Gasteiger partial charge in [0.1, 0.15) is 5.75 Å². The van der Waals surface area contributed by atoms with E-state index >= 15 is 0 Å². The Morgan fingerprint density at radius 1 is 1.10 bits per heavy atom. The Hall–Kier alpha value is -3.09. The molecule has 0 heterocycles. The van der Waals surface area contributed by atoms with E-state index in [0.717, 1.165) is 27.0 Å². The summed E-state index contributed by atoms with van der Waals surface area (Å²) in [6.45, 7) is 4.72. The zero-order chi connectivity index (χ0) is 21.4. The fourth-order valence-corrected chi connectivity index (χ4v) is 2.95. The first-order chi connectivity index (χ1) is 13.8. The highest BCUT2D eigenvalue weighted by molar-refractivity contribution is 5.91. The molecule has 0 aliphatic heterocycles. The van der Waals surface area contributed by atoms with Crippen LogP contribution in [0, 0.1) is 0 Å². The van der Waals surface area contributed by atoms with E-state index in [1.54, 1.807) is 7.11 Å². The van der Waals surface area contributed by atoms with E-state index in [-0.39, 0.29) is 13.0 Å². The molecule has 7 heteroatoms. The molecule has 0 fully saturated rings. The van der Waals surface area contributed by atoms with Crippen molar-refractivity contribution in [2.45, 2.75) is 46.3 Å². The Balaban J connectivity index is 2.08. The third kappa shape index (κ3) is 6.20. The number of ether oxygens (including phenoxy) is 3. The molecule has 7 nitrogen and oxygen atoms in total. The molecule has 2 aromatic carbocycles. The van der Waals surface area contributed by atoms with Gasteiger partial charge < -0.3 is 14.2 Å². The van der Waals surface area contributed by atoms with Crippen molar-refractivity contribution in [1.82, 2.24) is 4.90 Å². The van der Waals surface area contributed by atoms with Crippen LogP contribution in [0.5, 0.6) is 5.75 Å². The number of carbonyl (C=O) groups is 3. The van der Waals surface area contributed by atoms with Crippen molar-refractivity contribution in [3.8, 4) is 5.75 Å². The number of nitrogens with zero attached hydrogens (tertiary/aromatic N) is 1. The molecule has 0 aromatic heterocycles. The van der Waals surface area contributed by atoms with E-state index in [2.05, 4.69) is 0 Å². The minimum absolute atomic E-state index is 0.139. The normalized spacial score (nSPS) is 11.6. The molecular formula is C22H27NO6. The quantitative estimate of drug-likeness (QED) is 0.490. The van der Waals surface area contributed by atoms with Gasteiger partial charge in [-0.05, 0) is 41.3 Å². The van der Waals surface area contributed by atoms with Crippen molar-refractivity contribution >= 4 is 28.7 Å². The Labute approximate surface area is 170 Å². The van der Waals surface area contributed by atoms with Crippen molar-refractivity contribution in [2.75, 3.05) is 13.7 Å². The molecule has 0 saturated heterocycles. The number of carbonyl (C=O) groups excluding carboxylic acids is 3. The number of esters is 1. The molecule has 2 aromatic rings. The molecule has 0 saturated carbocycles. The highest BCUT2D eigenvalue weighted by atomic mass is 16.7. The molecule has 29 heavy (non-hydrogen) atoms. The van der Waals surface area contributed by atoms with Crippen LogP contribution in [-0.4, -0.2) is 42.8 Å². The fraction of sp³-hybridized carbons (Fsp3) is 0.409. The summed E-state index contributed by atoms with van der Waals surface area (Å²) >= 11 is 0. The van der Waals surface area contributed by atoms with Gasteiger partial charge in [0.05, 0.1) is 7.11 Å². The summed E-state index contributed by atoms with van der Waals surface area (Å²) in [5.41, 5.74) is 0.975. The van der Waals surface area contributed by atoms with Gasteiger partial charge in [-0.15, -0.1) is 0 Å². The highest BCUT2D eigenvalue weighted by Crippen LogP contribution is 2.24. The van der Waals surface area contributed by atoms with Crippen LogP contribution in [0.2, 0.25) is 0 Å². The maximum atomic E-state index is 12.4. The standard InChI is InChI=1S/C22H27NO6/c1-5-7-21(25)28-16(3)29-22(26)23(15(2)24)13-12-18-9-6-8-17-10-11-19(27-4)14-20(17)18/h6,8-11,14,16H,5,7,12-13H2,1-4H3. The van der Waals surface area contributed by atoms with Gasteiger partial charge in [0.2, 0.25) is 12.2 Å². The van der Waals surface area contributed by atoms with Crippen molar-refractivity contribution in [2.24, 2.45) is 0 Å². The number of hydrogen-bond donors (Lipinski definition) is 0. The summed E-state index contributed by atoms with van der Waals surface area (Å²) in [5, 5.41) is 2.03. The summed E-state index contributed by atoms with van der Waals surface area (Å²) in [6.07, 6.45) is -0.585. The SMILES string of the molecule is CCCC(=O)OC(C)OC(=O)N(CCc1cccc2ccc(OC)cc12)C(C)=O. The average molecular weight is 401 g/mol. The van der Waals surface area contributed by atoms with Crippen LogP contribution in [0.4, 0.5) is 4.79 Å². The van der Waals surface area contributed by atoms with Crippen LogP contribution >= 0.6 is 0 Å². The Morgan fingerprint density at radius 2 is 1.86 bits per heavy atom. The van der Waals surface area contributed by atoms with Gasteiger partial charge in [0.25, 0.3) is 0 Å². The van der Waals surface area contributed by atoms with E-state index in [4.69, 9.17) is 14.2 Å². The minimum Gasteiger partial charge on any atom is -0.497 e. The van der Waals surface area contributed by atoms with E-state index < -0.39 is 24.3 Å². The number of amides is 2. The summed E-state index contributed by atoms with van der Waals surface area (Å²) in [6, 6.07) is 11.6. The number of fused-ring (bicyclic) bond motifs is 1. The molecule has 156 valence electrons. The molecule has 0 aliphatic rings. The number of methoxy groups -OCH3 is 1. The van der Waals surface area contributed by atoms with Gasteiger partial charge >= 0.3 is 12.1 Å². The molecule has 0 bridgehead atoms. The maximum Gasteiger partial charge on any atom is 0.419 e. The highest BCUT2D eigenvalue weighted by Gasteiger charge is 2.23. The molecule has 1 atom stereocenters. The van der Waals surface area contributed by atoms with Crippen LogP contribution in [0.15, 0.2) is 36.4 Å². The lowest BCUT2D eigenvalue weighted by Crippen LogP contribution is -2.39. The fourth-order valence-electron chi connectivity index (χ4n) is 2.95. The zero-order valence-electron chi connectivity index (χ0n) is 17.3. The van der Waals surface area contributed by atoms with Crippen molar-refractivity contribution in [1.29, 1.82) is 0 Å². The molecule has 2 rings (SSSR count). The Morgan fingerprint density at radius 3 is 2.52 bits per heavy atom. The summed E-state index contributed by atoms with van der Waals surface area (Å²) in [7, 11) is 1.60. The first-order valence-corrected chi connectivity index (χ1v) is 9.59. The van der Waals surface area contributed by atoms with E-state index in [0.29, 0.717) is 12.8 Å². The predicted molar refractivity (Wildman–Crippen MR) is 109 cm³/mol. The van der Waals surface area contributed by atoms with Crippen LogP contribution in [0.25, 0.3) is 10.8 Å². The summed E-state index contributed by atoms with van der Waals surface area (Å²) in [5.74, 6) is -0.165. The first-order valence-electron chi connectivity index (χ1n) is 9.59. The van der Waals surface area contributed by atoms with Crippen LogP contribution < -0.4 is 4.74 Å². The number of imide groups is 1. The Kier molecular flexibility index (Phi) is 8.00.